The number of halogens is 3. The average molecular weight is 403 g/mol. The fourth-order valence-corrected chi connectivity index (χ4v) is 5.32. The van der Waals surface area contributed by atoms with Crippen molar-refractivity contribution in [2.45, 2.75) is 23.8 Å². The highest BCUT2D eigenvalue weighted by Crippen LogP contribution is 2.38. The number of hydrogen-bond acceptors (Lipinski definition) is 3. The summed E-state index contributed by atoms with van der Waals surface area (Å²) in [6.07, 6.45) is 1.27. The summed E-state index contributed by atoms with van der Waals surface area (Å²) in [4.78, 5) is 10.6. The van der Waals surface area contributed by atoms with Gasteiger partial charge in [0, 0.05) is 10.5 Å². The van der Waals surface area contributed by atoms with E-state index < -0.39 is 22.5 Å². The van der Waals surface area contributed by atoms with E-state index in [4.69, 9.17) is 28.3 Å². The van der Waals surface area contributed by atoms with Gasteiger partial charge < -0.3 is 5.11 Å². The lowest BCUT2D eigenvalue weighted by Gasteiger charge is -2.21. The van der Waals surface area contributed by atoms with E-state index >= 15 is 0 Å². The van der Waals surface area contributed by atoms with Gasteiger partial charge in [-0.25, -0.2) is 8.42 Å². The van der Waals surface area contributed by atoms with Crippen LogP contribution >= 0.6 is 39.1 Å². The smallest absolute Gasteiger partial charge is 0.318 e. The maximum atomic E-state index is 12.6. The molecule has 110 valence electrons. The summed E-state index contributed by atoms with van der Waals surface area (Å²) >= 11 is 15.1. The van der Waals surface area contributed by atoms with E-state index in [0.717, 1.165) is 4.31 Å². The zero-order valence-electron chi connectivity index (χ0n) is 10.0. The molecule has 0 spiro atoms. The maximum absolute atomic E-state index is 12.6. The fraction of sp³-hybridized carbons (Fsp3) is 0.364. The molecule has 0 saturated heterocycles. The van der Waals surface area contributed by atoms with E-state index in [1.807, 2.05) is 0 Å². The summed E-state index contributed by atoms with van der Waals surface area (Å²) in [5.41, 5.74) is 0. The van der Waals surface area contributed by atoms with Crippen LogP contribution in [0.25, 0.3) is 0 Å². The van der Waals surface area contributed by atoms with Crippen molar-refractivity contribution in [3.63, 3.8) is 0 Å². The predicted molar refractivity (Wildman–Crippen MR) is 78.7 cm³/mol. The molecule has 0 aromatic heterocycles. The molecule has 1 fully saturated rings. The van der Waals surface area contributed by atoms with Crippen molar-refractivity contribution < 1.29 is 18.3 Å². The normalized spacial score (nSPS) is 15.6. The quantitative estimate of drug-likeness (QED) is 0.821. The summed E-state index contributed by atoms with van der Waals surface area (Å²) in [6, 6.07) is 2.52. The standard InChI is InChI=1S/C11H10BrCl2NO4S/c12-6-3-8(13)11(9(14)4-6)20(18,19)15(5-10(16)17)7-1-2-7/h3-4,7H,1-2,5H2,(H,16,17). The van der Waals surface area contributed by atoms with Gasteiger partial charge in [0.15, 0.2) is 0 Å². The number of aliphatic carboxylic acids is 1. The van der Waals surface area contributed by atoms with Gasteiger partial charge in [-0.3, -0.25) is 4.79 Å². The Labute approximate surface area is 134 Å². The summed E-state index contributed by atoms with van der Waals surface area (Å²) in [7, 11) is -4.04. The molecule has 1 saturated carbocycles. The number of benzene rings is 1. The highest BCUT2D eigenvalue weighted by Gasteiger charge is 2.41. The second-order valence-electron chi connectivity index (χ2n) is 4.37. The van der Waals surface area contributed by atoms with Crippen molar-refractivity contribution in [3.05, 3.63) is 26.7 Å². The Balaban J connectivity index is 2.50. The first-order valence-electron chi connectivity index (χ1n) is 5.61. The number of hydrogen-bond donors (Lipinski definition) is 1. The van der Waals surface area contributed by atoms with Crippen LogP contribution in [0.1, 0.15) is 12.8 Å². The van der Waals surface area contributed by atoms with E-state index in [1.165, 1.54) is 12.1 Å². The van der Waals surface area contributed by atoms with Crippen molar-refractivity contribution >= 4 is 55.1 Å². The molecule has 5 nitrogen and oxygen atoms in total. The second kappa shape index (κ2) is 5.81. The zero-order chi connectivity index (χ0) is 15.1. The maximum Gasteiger partial charge on any atom is 0.318 e. The minimum absolute atomic E-state index is 0.0413. The Bertz CT molecular complexity index is 637. The molecule has 0 unspecified atom stereocenters. The Hall–Kier alpha value is -0.340. The van der Waals surface area contributed by atoms with Crippen LogP contribution in [-0.2, 0) is 14.8 Å². The van der Waals surface area contributed by atoms with Gasteiger partial charge in [0.1, 0.15) is 11.4 Å². The van der Waals surface area contributed by atoms with Crippen molar-refractivity contribution in [1.82, 2.24) is 4.31 Å². The van der Waals surface area contributed by atoms with Gasteiger partial charge in [0.2, 0.25) is 10.0 Å². The molecule has 2 rings (SSSR count). The molecule has 0 bridgehead atoms. The Morgan fingerprint density at radius 1 is 1.35 bits per heavy atom. The highest BCUT2D eigenvalue weighted by atomic mass is 79.9. The largest absolute Gasteiger partial charge is 0.480 e. The predicted octanol–water partition coefficient (Wildman–Crippen LogP) is 2.99. The molecule has 9 heteroatoms. The zero-order valence-corrected chi connectivity index (χ0v) is 13.9. The first-order chi connectivity index (χ1) is 9.23. The Morgan fingerprint density at radius 2 is 1.85 bits per heavy atom. The molecule has 0 atom stereocenters. The Morgan fingerprint density at radius 3 is 2.25 bits per heavy atom. The van der Waals surface area contributed by atoms with Gasteiger partial charge in [-0.1, -0.05) is 39.1 Å². The van der Waals surface area contributed by atoms with Crippen molar-refractivity contribution in [2.24, 2.45) is 0 Å². The first-order valence-corrected chi connectivity index (χ1v) is 8.60. The molecule has 0 aliphatic heterocycles. The summed E-state index contributed by atoms with van der Waals surface area (Å²) in [6.45, 7) is -0.601. The van der Waals surface area contributed by atoms with Gasteiger partial charge in [-0.15, -0.1) is 0 Å². The van der Waals surface area contributed by atoms with E-state index in [1.54, 1.807) is 0 Å². The van der Waals surface area contributed by atoms with E-state index in [2.05, 4.69) is 15.9 Å². The molecule has 1 aromatic rings. The minimum atomic E-state index is -4.04. The van der Waals surface area contributed by atoms with Gasteiger partial charge in [-0.05, 0) is 25.0 Å². The molecular formula is C11H10BrCl2NO4S. The number of carbonyl (C=O) groups is 1. The van der Waals surface area contributed by atoms with Crippen LogP contribution in [0.4, 0.5) is 0 Å². The van der Waals surface area contributed by atoms with Crippen LogP contribution in [0.5, 0.6) is 0 Å². The second-order valence-corrected chi connectivity index (χ2v) is 7.93. The van der Waals surface area contributed by atoms with Crippen LogP contribution in [0, 0.1) is 0 Å². The molecule has 0 radical (unpaired) electrons. The van der Waals surface area contributed by atoms with Crippen molar-refractivity contribution in [2.75, 3.05) is 6.54 Å². The monoisotopic (exact) mass is 401 g/mol. The lowest BCUT2D eigenvalue weighted by atomic mass is 10.4. The van der Waals surface area contributed by atoms with Gasteiger partial charge in [0.25, 0.3) is 0 Å². The molecule has 1 aliphatic carbocycles. The molecule has 1 aromatic carbocycles. The first kappa shape index (κ1) is 16.0. The number of nitrogens with zero attached hydrogens (tertiary/aromatic N) is 1. The third-order valence-corrected chi connectivity index (χ3v) is 6.05. The average Bonchev–Trinajstić information content (AvgIpc) is 3.06. The summed E-state index contributed by atoms with van der Waals surface area (Å²) < 4.78 is 26.6. The van der Waals surface area contributed by atoms with Gasteiger partial charge >= 0.3 is 5.97 Å². The molecule has 0 heterocycles. The summed E-state index contributed by atoms with van der Waals surface area (Å²) in [5, 5.41) is 8.79. The van der Waals surface area contributed by atoms with Crippen LogP contribution in [0.15, 0.2) is 21.5 Å². The number of carboxylic acids is 1. The van der Waals surface area contributed by atoms with Crippen LogP contribution < -0.4 is 0 Å². The van der Waals surface area contributed by atoms with Crippen LogP contribution in [0.2, 0.25) is 10.0 Å². The molecular weight excluding hydrogens is 393 g/mol. The summed E-state index contributed by atoms with van der Waals surface area (Å²) in [5.74, 6) is -1.22. The topological polar surface area (TPSA) is 74.7 Å². The third kappa shape index (κ3) is 3.28. The van der Waals surface area contributed by atoms with Gasteiger partial charge in [0.05, 0.1) is 10.0 Å². The van der Waals surface area contributed by atoms with Crippen molar-refractivity contribution in [1.29, 1.82) is 0 Å². The van der Waals surface area contributed by atoms with Crippen LogP contribution in [0.3, 0.4) is 0 Å². The Kier molecular flexibility index (Phi) is 4.66. The number of sulfonamides is 1. The minimum Gasteiger partial charge on any atom is -0.480 e. The van der Waals surface area contributed by atoms with Crippen molar-refractivity contribution in [3.8, 4) is 0 Å². The fourth-order valence-electron chi connectivity index (χ4n) is 1.80. The van der Waals surface area contributed by atoms with E-state index in [-0.39, 0.29) is 21.0 Å². The number of carboxylic acid groups (broad SMARTS) is 1. The van der Waals surface area contributed by atoms with Crippen LogP contribution in [-0.4, -0.2) is 36.4 Å². The lowest BCUT2D eigenvalue weighted by Crippen LogP contribution is -2.37. The van der Waals surface area contributed by atoms with Gasteiger partial charge in [-0.2, -0.15) is 4.31 Å². The molecule has 1 aliphatic rings. The highest BCUT2D eigenvalue weighted by molar-refractivity contribution is 9.10. The lowest BCUT2D eigenvalue weighted by molar-refractivity contribution is -0.137. The SMILES string of the molecule is O=C(O)CN(C1CC1)S(=O)(=O)c1c(Cl)cc(Br)cc1Cl. The van der Waals surface area contributed by atoms with E-state index in [0.29, 0.717) is 17.3 Å². The molecule has 1 N–H and O–H groups in total. The third-order valence-electron chi connectivity index (χ3n) is 2.77. The molecule has 20 heavy (non-hydrogen) atoms. The number of rotatable bonds is 5. The van der Waals surface area contributed by atoms with E-state index in [9.17, 15) is 13.2 Å². The molecule has 0 amide bonds.